The van der Waals surface area contributed by atoms with Gasteiger partial charge in [-0.15, -0.1) is 0 Å². The van der Waals surface area contributed by atoms with Gasteiger partial charge in [-0.1, -0.05) is 25.1 Å². The zero-order valence-electron chi connectivity index (χ0n) is 16.9. The van der Waals surface area contributed by atoms with E-state index in [1.165, 1.54) is 11.3 Å². The molecule has 1 fully saturated rings. The molecule has 3 N–H and O–H groups in total. The first kappa shape index (κ1) is 23.0. The van der Waals surface area contributed by atoms with E-state index in [1.807, 2.05) is 20.1 Å². The molecule has 0 bridgehead atoms. The molecule has 0 amide bonds. The Hall–Kier alpha value is -2.02. The Morgan fingerprint density at radius 1 is 1.15 bits per heavy atom. The number of aliphatic hydroxyl groups excluding tert-OH is 1. The molecule has 6 heteroatoms. The van der Waals surface area contributed by atoms with Gasteiger partial charge in [0.15, 0.2) is 0 Å². The number of hydrogen-bond donors (Lipinski definition) is 2. The van der Waals surface area contributed by atoms with E-state index in [1.54, 1.807) is 6.92 Å². The molecule has 2 aliphatic rings. The summed E-state index contributed by atoms with van der Waals surface area (Å²) >= 11 is 0. The highest BCUT2D eigenvalue weighted by molar-refractivity contribution is 6.33. The Bertz CT molecular complexity index is 601. The molecule has 1 aromatic carbocycles. The highest BCUT2D eigenvalue weighted by Gasteiger charge is 2.12. The minimum absolute atomic E-state index is 0.250. The summed E-state index contributed by atoms with van der Waals surface area (Å²) in [5.41, 5.74) is 9.37. The van der Waals surface area contributed by atoms with Gasteiger partial charge in [-0.2, -0.15) is 0 Å². The van der Waals surface area contributed by atoms with Crippen LogP contribution in [0.3, 0.4) is 0 Å². The molecule has 0 atom stereocenters. The molecule has 0 saturated carbocycles. The largest absolute Gasteiger partial charge is 0.397 e. The van der Waals surface area contributed by atoms with E-state index >= 15 is 0 Å². The zero-order chi connectivity index (χ0) is 19.9. The second-order valence-electron chi connectivity index (χ2n) is 5.89. The molecule has 1 aromatic rings. The van der Waals surface area contributed by atoms with Gasteiger partial charge >= 0.3 is 0 Å². The monoisotopic (exact) mass is 374 g/mol. The number of nitrogens with two attached hydrogens (primary N) is 1. The first-order chi connectivity index (χ1) is 13.2. The lowest BCUT2D eigenvalue weighted by Crippen LogP contribution is -2.36. The van der Waals surface area contributed by atoms with Crippen LogP contribution in [0.25, 0.3) is 5.70 Å². The second kappa shape index (κ2) is 14.1. The summed E-state index contributed by atoms with van der Waals surface area (Å²) in [6.45, 7) is 11.0. The second-order valence-corrected chi connectivity index (χ2v) is 5.89. The predicted molar refractivity (Wildman–Crippen MR) is 116 cm³/mol. The number of nitrogens with zero attached hydrogens (tertiary/aromatic N) is 3. The zero-order valence-corrected chi connectivity index (χ0v) is 16.9. The van der Waals surface area contributed by atoms with Crippen molar-refractivity contribution in [1.29, 1.82) is 0 Å². The minimum atomic E-state index is 0.250. The molecular weight excluding hydrogens is 340 g/mol. The lowest BCUT2D eigenvalue weighted by molar-refractivity contribution is 0.122. The van der Waals surface area contributed by atoms with Crippen LogP contribution in [0.2, 0.25) is 0 Å². The van der Waals surface area contributed by atoms with Gasteiger partial charge in [0, 0.05) is 44.6 Å². The molecule has 3 rings (SSSR count). The maximum absolute atomic E-state index is 7.57. The number of aliphatic hydroxyl groups is 1. The average molecular weight is 375 g/mol. The molecular formula is C21H34N4O2. The van der Waals surface area contributed by atoms with Gasteiger partial charge in [0.05, 0.1) is 24.6 Å². The Kier molecular flexibility index (Phi) is 12.0. The van der Waals surface area contributed by atoms with Crippen LogP contribution in [0.5, 0.6) is 0 Å². The highest BCUT2D eigenvalue weighted by atomic mass is 16.5. The number of aliphatic imine (C=N–C) groups is 2. The van der Waals surface area contributed by atoms with Crippen molar-refractivity contribution in [2.75, 3.05) is 50.9 Å². The van der Waals surface area contributed by atoms with Crippen LogP contribution >= 0.6 is 0 Å². The van der Waals surface area contributed by atoms with Crippen LogP contribution in [0.15, 0.2) is 40.3 Å². The molecule has 0 aromatic heterocycles. The number of hydrogen-bond acceptors (Lipinski definition) is 6. The van der Waals surface area contributed by atoms with Crippen molar-refractivity contribution in [2.24, 2.45) is 15.7 Å². The first-order valence-electron chi connectivity index (χ1n) is 9.71. The van der Waals surface area contributed by atoms with Gasteiger partial charge in [-0.3, -0.25) is 9.98 Å². The first-order valence-corrected chi connectivity index (χ1v) is 9.71. The quantitative estimate of drug-likeness (QED) is 0.852. The summed E-state index contributed by atoms with van der Waals surface area (Å²) < 4.78 is 5.39. The summed E-state index contributed by atoms with van der Waals surface area (Å²) in [5.74, 6) is 0. The lowest BCUT2D eigenvalue weighted by Gasteiger charge is -2.29. The maximum atomic E-state index is 7.57. The number of morpholine rings is 1. The van der Waals surface area contributed by atoms with E-state index in [9.17, 15) is 0 Å². The Morgan fingerprint density at radius 3 is 2.22 bits per heavy atom. The topological polar surface area (TPSA) is 83.4 Å². The summed E-state index contributed by atoms with van der Waals surface area (Å²) in [4.78, 5) is 11.3. The van der Waals surface area contributed by atoms with Crippen molar-refractivity contribution >= 4 is 23.3 Å². The van der Waals surface area contributed by atoms with Crippen LogP contribution in [-0.2, 0) is 4.74 Å². The molecule has 0 radical (unpaired) electrons. The smallest absolute Gasteiger partial charge is 0.0666 e. The standard InChI is InChI=1S/C17H21N3O.C2H7N.C2H6O/c1-2-18-15-5-8-17(19-13-15)14-3-6-16(7-4-14)20-9-11-21-12-10-20;2*1-2-3/h3-4,6-8,13H,2,5,9-12H2,1H3;2-3H2,1H3;3H,2H2,1H3. The van der Waals surface area contributed by atoms with Crippen LogP contribution in [0.1, 0.15) is 32.8 Å². The fourth-order valence-corrected chi connectivity index (χ4v) is 2.62. The highest BCUT2D eigenvalue weighted by Crippen LogP contribution is 2.23. The molecule has 0 spiro atoms. The molecule has 6 nitrogen and oxygen atoms in total. The van der Waals surface area contributed by atoms with Gasteiger partial charge in [-0.05, 0) is 38.1 Å². The third kappa shape index (κ3) is 8.47. The van der Waals surface area contributed by atoms with E-state index in [0.29, 0.717) is 0 Å². The number of anilines is 1. The minimum Gasteiger partial charge on any atom is -0.397 e. The van der Waals surface area contributed by atoms with Gasteiger partial charge in [0.25, 0.3) is 0 Å². The summed E-state index contributed by atoms with van der Waals surface area (Å²) in [5, 5.41) is 7.57. The van der Waals surface area contributed by atoms with Gasteiger partial charge in [0.1, 0.15) is 0 Å². The van der Waals surface area contributed by atoms with E-state index in [4.69, 9.17) is 15.6 Å². The molecule has 2 heterocycles. The third-order valence-corrected chi connectivity index (χ3v) is 3.76. The van der Waals surface area contributed by atoms with Crippen molar-refractivity contribution < 1.29 is 9.84 Å². The molecule has 150 valence electrons. The molecule has 1 saturated heterocycles. The van der Waals surface area contributed by atoms with Crippen molar-refractivity contribution in [3.8, 4) is 0 Å². The average Bonchev–Trinajstić information content (AvgIpc) is 2.71. The fourth-order valence-electron chi connectivity index (χ4n) is 2.62. The molecule has 27 heavy (non-hydrogen) atoms. The van der Waals surface area contributed by atoms with Gasteiger partial charge in [0.2, 0.25) is 0 Å². The fraction of sp³-hybridized carbons (Fsp3) is 0.524. The Morgan fingerprint density at radius 2 is 1.74 bits per heavy atom. The van der Waals surface area contributed by atoms with E-state index in [0.717, 1.165) is 57.2 Å². The summed E-state index contributed by atoms with van der Waals surface area (Å²) in [7, 11) is 0. The SMILES string of the molecule is CCN.CCN=C1C=NC(c2ccc(N3CCOCC3)cc2)=CC1.CCO. The molecule has 0 aliphatic carbocycles. The number of benzene rings is 1. The van der Waals surface area contributed by atoms with E-state index in [-0.39, 0.29) is 6.61 Å². The van der Waals surface area contributed by atoms with Gasteiger partial charge in [-0.25, -0.2) is 0 Å². The maximum Gasteiger partial charge on any atom is 0.0666 e. The lowest BCUT2D eigenvalue weighted by atomic mass is 10.1. The number of ether oxygens (including phenoxy) is 1. The number of rotatable bonds is 3. The van der Waals surface area contributed by atoms with Crippen molar-refractivity contribution in [1.82, 2.24) is 0 Å². The van der Waals surface area contributed by atoms with E-state index < -0.39 is 0 Å². The summed E-state index contributed by atoms with van der Waals surface area (Å²) in [6.07, 6.45) is 4.91. The van der Waals surface area contributed by atoms with Crippen LogP contribution < -0.4 is 10.6 Å². The van der Waals surface area contributed by atoms with Crippen LogP contribution in [0, 0.1) is 0 Å². The normalized spacial score (nSPS) is 17.4. The van der Waals surface area contributed by atoms with Crippen molar-refractivity contribution in [2.45, 2.75) is 27.2 Å². The van der Waals surface area contributed by atoms with Crippen molar-refractivity contribution in [3.63, 3.8) is 0 Å². The predicted octanol–water partition coefficient (Wildman–Crippen LogP) is 2.76. The third-order valence-electron chi connectivity index (χ3n) is 3.76. The summed E-state index contributed by atoms with van der Waals surface area (Å²) in [6, 6.07) is 8.64. The Balaban J connectivity index is 0.000000540. The van der Waals surface area contributed by atoms with Crippen LogP contribution in [-0.4, -0.2) is 63.0 Å². The molecule has 0 unspecified atom stereocenters. The Labute approximate surface area is 163 Å². The van der Waals surface area contributed by atoms with Gasteiger partial charge < -0.3 is 20.5 Å². The number of allylic oxidation sites excluding steroid dienone is 1. The van der Waals surface area contributed by atoms with Crippen LogP contribution in [0.4, 0.5) is 5.69 Å². The van der Waals surface area contributed by atoms with E-state index in [2.05, 4.69) is 45.2 Å². The molecule has 2 aliphatic heterocycles. The van der Waals surface area contributed by atoms with Crippen molar-refractivity contribution in [3.05, 3.63) is 35.9 Å².